The van der Waals surface area contributed by atoms with E-state index in [4.69, 9.17) is 4.74 Å². The smallest absolute Gasteiger partial charge is 0.377 e. The number of benzene rings is 8. The molecule has 0 unspecified atom stereocenters. The van der Waals surface area contributed by atoms with Crippen LogP contribution in [0.5, 0.6) is 0 Å². The van der Waals surface area contributed by atoms with E-state index in [0.717, 1.165) is 90.1 Å². The van der Waals surface area contributed by atoms with Gasteiger partial charge in [0.15, 0.2) is 22.8 Å². The molecule has 5 fully saturated rings. The van der Waals surface area contributed by atoms with Gasteiger partial charge in [-0.1, -0.05) is 120 Å². The van der Waals surface area contributed by atoms with E-state index in [-0.39, 0.29) is 53.3 Å². The van der Waals surface area contributed by atoms with E-state index < -0.39 is 47.0 Å². The fraction of sp³-hybridized carbons (Fsp3) is 0.385. The van der Waals surface area contributed by atoms with Gasteiger partial charge in [0.25, 0.3) is 23.6 Å². The highest BCUT2D eigenvalue weighted by molar-refractivity contribution is 6.07. The Bertz CT molecular complexity index is 5730. The quantitative estimate of drug-likeness (QED) is 0.124. The van der Waals surface area contributed by atoms with E-state index in [1.54, 1.807) is 68.1 Å². The zero-order valence-corrected chi connectivity index (χ0v) is 67.2. The molecule has 9 heterocycles. The molecule has 5 aliphatic rings. The lowest BCUT2D eigenvalue weighted by Crippen LogP contribution is -2.38. The van der Waals surface area contributed by atoms with Crippen molar-refractivity contribution in [2.45, 2.75) is 160 Å². The van der Waals surface area contributed by atoms with Crippen LogP contribution >= 0.6 is 0 Å². The third-order valence-electron chi connectivity index (χ3n) is 23.7. The minimum Gasteiger partial charge on any atom is -0.377 e. The molecule has 0 atom stereocenters. The highest BCUT2D eigenvalue weighted by Gasteiger charge is 2.42. The average molecular weight is 1660 g/mol. The number of amides is 4. The third kappa shape index (κ3) is 18.2. The second-order valence-electron chi connectivity index (χ2n) is 31.6. The fourth-order valence-corrected chi connectivity index (χ4v) is 17.3. The first-order valence-corrected chi connectivity index (χ1v) is 40.5. The first kappa shape index (κ1) is 85.1. The van der Waals surface area contributed by atoms with Crippen LogP contribution in [0.25, 0.3) is 43.6 Å². The number of fused-ring (bicyclic) bond motifs is 4. The maximum Gasteiger partial charge on any atom is 0.416 e. The Labute approximate surface area is 685 Å². The van der Waals surface area contributed by atoms with E-state index in [1.807, 2.05) is 128 Å². The summed E-state index contributed by atoms with van der Waals surface area (Å²) < 4.78 is 171. The largest absolute Gasteiger partial charge is 0.416 e. The molecule has 29 heteroatoms. The summed E-state index contributed by atoms with van der Waals surface area (Å²) in [6.07, 6.45) is -13.5. The molecule has 4 aromatic heterocycles. The standard InChI is InChI=1S/C24H24F3N3O2.2C23H24F3N3O.C21H20F3N3O/c1-15-6-7-19-21(12-15)30(17-13-32-14-17)28-22(19)23(31)29-10-8-16(9-11-29)18-4-2-3-5-20(18)24(25,26)27;1-3-29-20-9-8-15(2)14-18(20)21(27-29)22(30)28-12-10-16(11-13-28)17-6-4-5-7-19(17)23(24,25)26;1-3-29-20-14-15(2)8-9-18(20)21(27-29)22(30)28-12-10-16(11-13-28)17-6-4-5-7-19(17)23(24,25)26;1-13-6-7-18-16(12-13)19(26-25-18)20(28)27-10-8-14(9-11-27)15-4-2-3-5-17(15)21(22,23)24/h2-7,12,16-17H,8-11,13-14H2,1H3;2*4-9,14,16H,3,10-13H2,1-2H3;2-7,12,14H,8-11H2,1H3,(H,25,26). The Morgan fingerprint density at radius 1 is 0.358 bits per heavy atom. The number of aromatic amines is 1. The molecule has 120 heavy (non-hydrogen) atoms. The van der Waals surface area contributed by atoms with Gasteiger partial charge in [-0.05, 0) is 211 Å². The molecule has 5 saturated heterocycles. The van der Waals surface area contributed by atoms with Crippen molar-refractivity contribution in [3.8, 4) is 0 Å². The molecule has 0 radical (unpaired) electrons. The van der Waals surface area contributed by atoms with Gasteiger partial charge in [-0.2, -0.15) is 73.1 Å². The minimum absolute atomic E-state index is 0.116. The number of piperidine rings is 4. The van der Waals surface area contributed by atoms with Gasteiger partial charge in [-0.15, -0.1) is 0 Å². The number of hydrogen-bond acceptors (Lipinski definition) is 9. The SMILES string of the molecule is CCn1nc(C(=O)N2CCC(c3ccccc3C(F)(F)F)CC2)c2cc(C)ccc21.CCn1nc(C(=O)N2CCC(c3ccccc3C(F)(F)F)CC2)c2ccc(C)cc21.Cc1ccc2[nH]nc(C(=O)N3CCC(c4ccccc4C(F)(F)F)CC3)c2c1.Cc1ccc2c(C(=O)N3CCC(c4ccccc4C(F)(F)F)CC3)nn(C3COC3)c2c1. The molecule has 0 bridgehead atoms. The van der Waals surface area contributed by atoms with E-state index in [9.17, 15) is 71.9 Å². The van der Waals surface area contributed by atoms with Crippen molar-refractivity contribution >= 4 is 67.2 Å². The Kier molecular flexibility index (Phi) is 24.9. The minimum atomic E-state index is -4.38. The molecule has 5 aliphatic heterocycles. The van der Waals surface area contributed by atoms with E-state index in [2.05, 4.69) is 25.5 Å². The van der Waals surface area contributed by atoms with Crippen LogP contribution in [0.3, 0.4) is 0 Å². The number of nitrogens with zero attached hydrogens (tertiary/aromatic N) is 11. The van der Waals surface area contributed by atoms with Gasteiger partial charge in [0, 0.05) is 87.0 Å². The van der Waals surface area contributed by atoms with Gasteiger partial charge in [0.1, 0.15) is 0 Å². The number of halogens is 12. The number of hydrogen-bond donors (Lipinski definition) is 1. The molecule has 12 aromatic rings. The third-order valence-corrected chi connectivity index (χ3v) is 23.7. The van der Waals surface area contributed by atoms with Crippen LogP contribution in [0.1, 0.15) is 204 Å². The Morgan fingerprint density at radius 2 is 0.667 bits per heavy atom. The highest BCUT2D eigenvalue weighted by atomic mass is 19.4. The van der Waals surface area contributed by atoms with Crippen LogP contribution in [0.4, 0.5) is 52.7 Å². The molecule has 630 valence electrons. The number of aromatic nitrogens is 8. The van der Waals surface area contributed by atoms with Crippen LogP contribution in [-0.2, 0) is 42.5 Å². The summed E-state index contributed by atoms with van der Waals surface area (Å²) in [5, 5.41) is 24.0. The molecular formula is C91H92F12N12O5. The van der Waals surface area contributed by atoms with E-state index >= 15 is 0 Å². The van der Waals surface area contributed by atoms with Crippen molar-refractivity contribution in [3.05, 3.63) is 259 Å². The maximum atomic E-state index is 13.4. The van der Waals surface area contributed by atoms with Crippen LogP contribution in [0.2, 0.25) is 0 Å². The van der Waals surface area contributed by atoms with Gasteiger partial charge in [-0.25, -0.2) is 0 Å². The topological polar surface area (TPSA) is 173 Å². The fourth-order valence-electron chi connectivity index (χ4n) is 17.3. The van der Waals surface area contributed by atoms with Gasteiger partial charge in [-0.3, -0.25) is 38.3 Å². The Hall–Kier alpha value is -11.4. The van der Waals surface area contributed by atoms with Crippen molar-refractivity contribution in [1.29, 1.82) is 0 Å². The number of alkyl halides is 12. The van der Waals surface area contributed by atoms with Crippen molar-refractivity contribution in [2.24, 2.45) is 0 Å². The van der Waals surface area contributed by atoms with Crippen LogP contribution < -0.4 is 0 Å². The lowest BCUT2D eigenvalue weighted by molar-refractivity contribution is -0.139. The summed E-state index contributed by atoms with van der Waals surface area (Å²) in [6.45, 7) is 17.6. The lowest BCUT2D eigenvalue weighted by atomic mass is 9.86. The second kappa shape index (κ2) is 35.1. The summed E-state index contributed by atoms with van der Waals surface area (Å²) in [5.74, 6) is -1.50. The second-order valence-corrected chi connectivity index (χ2v) is 31.6. The van der Waals surface area contributed by atoms with Gasteiger partial charge in [0.05, 0.1) is 63.6 Å². The molecule has 0 aliphatic carbocycles. The number of carbonyl (C=O) groups is 4. The highest BCUT2D eigenvalue weighted by Crippen LogP contribution is 2.45. The summed E-state index contributed by atoms with van der Waals surface area (Å²) in [5.41, 5.74) is 8.43. The normalized spacial score (nSPS) is 16.4. The zero-order chi connectivity index (χ0) is 85.3. The molecule has 17 nitrogen and oxygen atoms in total. The number of aryl methyl sites for hydroxylation is 6. The Morgan fingerprint density at radius 3 is 1.03 bits per heavy atom. The molecule has 17 rings (SSSR count). The van der Waals surface area contributed by atoms with Crippen LogP contribution in [-0.4, -0.2) is 148 Å². The monoisotopic (exact) mass is 1660 g/mol. The Balaban J connectivity index is 0.000000131. The maximum absolute atomic E-state index is 13.4. The number of H-pyrrole nitrogens is 1. The molecule has 0 spiro atoms. The number of likely N-dealkylation sites (tertiary alicyclic amines) is 4. The lowest BCUT2D eigenvalue weighted by Gasteiger charge is -2.33. The summed E-state index contributed by atoms with van der Waals surface area (Å²) in [4.78, 5) is 59.5. The molecule has 0 saturated carbocycles. The molecule has 1 N–H and O–H groups in total. The van der Waals surface area contributed by atoms with Crippen molar-refractivity contribution in [2.75, 3.05) is 65.6 Å². The predicted octanol–water partition coefficient (Wildman–Crippen LogP) is 20.7. The van der Waals surface area contributed by atoms with E-state index in [1.165, 1.54) is 24.3 Å². The average Bonchev–Trinajstić information content (AvgIpc) is 1.60. The van der Waals surface area contributed by atoms with Crippen LogP contribution in [0.15, 0.2) is 170 Å². The molecule has 8 aromatic carbocycles. The summed E-state index contributed by atoms with van der Waals surface area (Å²) >= 11 is 0. The summed E-state index contributed by atoms with van der Waals surface area (Å²) in [7, 11) is 0. The number of rotatable bonds is 11. The van der Waals surface area contributed by atoms with Gasteiger partial charge >= 0.3 is 24.7 Å². The van der Waals surface area contributed by atoms with E-state index in [0.29, 0.717) is 175 Å². The van der Waals surface area contributed by atoms with Crippen molar-refractivity contribution in [1.82, 2.24) is 59.1 Å². The first-order valence-electron chi connectivity index (χ1n) is 40.5. The zero-order valence-electron chi connectivity index (χ0n) is 67.2. The van der Waals surface area contributed by atoms with Gasteiger partial charge in [0.2, 0.25) is 0 Å². The summed E-state index contributed by atoms with van der Waals surface area (Å²) in [6, 6.07) is 46.6. The van der Waals surface area contributed by atoms with Gasteiger partial charge < -0.3 is 24.3 Å². The molecular weight excluding hydrogens is 1570 g/mol. The predicted molar refractivity (Wildman–Crippen MR) is 433 cm³/mol. The van der Waals surface area contributed by atoms with Crippen molar-refractivity contribution in [3.63, 3.8) is 0 Å². The molecule has 4 amide bonds. The van der Waals surface area contributed by atoms with Crippen molar-refractivity contribution < 1.29 is 76.6 Å². The number of carbonyl (C=O) groups excluding carboxylic acids is 4. The van der Waals surface area contributed by atoms with Crippen LogP contribution in [0, 0.1) is 27.7 Å². The first-order chi connectivity index (χ1) is 57.2. The number of nitrogens with one attached hydrogen (secondary N) is 1. The number of ether oxygens (including phenoxy) is 1.